The Hall–Kier alpha value is -2.95. The number of amides is 1. The highest BCUT2D eigenvalue weighted by Crippen LogP contribution is 2.14. The van der Waals surface area contributed by atoms with Gasteiger partial charge in [0.2, 0.25) is 5.91 Å². The minimum Gasteiger partial charge on any atom is -0.323 e. The quantitative estimate of drug-likeness (QED) is 0.518. The van der Waals surface area contributed by atoms with Crippen LogP contribution >= 0.6 is 0 Å². The van der Waals surface area contributed by atoms with Crippen molar-refractivity contribution in [1.29, 1.82) is 0 Å². The van der Waals surface area contributed by atoms with Crippen LogP contribution in [0.4, 0.5) is 11.4 Å². The molecule has 5 nitrogen and oxygen atoms in total. The second kappa shape index (κ2) is 7.17. The highest BCUT2D eigenvalue weighted by atomic mass is 16.6. The summed E-state index contributed by atoms with van der Waals surface area (Å²) in [7, 11) is 0. The van der Waals surface area contributed by atoms with Crippen LogP contribution in [0.25, 0.3) is 6.08 Å². The van der Waals surface area contributed by atoms with Gasteiger partial charge in [0, 0.05) is 23.9 Å². The van der Waals surface area contributed by atoms with Crippen molar-refractivity contribution >= 4 is 23.4 Å². The number of hydrogen-bond acceptors (Lipinski definition) is 3. The van der Waals surface area contributed by atoms with Gasteiger partial charge in [-0.15, -0.1) is 0 Å². The molecule has 112 valence electrons. The van der Waals surface area contributed by atoms with E-state index in [1.807, 2.05) is 24.3 Å². The Balaban J connectivity index is 2.00. The lowest BCUT2D eigenvalue weighted by atomic mass is 10.1. The van der Waals surface area contributed by atoms with E-state index in [4.69, 9.17) is 0 Å². The third-order valence-corrected chi connectivity index (χ3v) is 3.13. The number of nitrogens with zero attached hydrogens (tertiary/aromatic N) is 1. The van der Waals surface area contributed by atoms with Crippen molar-refractivity contribution < 1.29 is 9.72 Å². The SMILES string of the molecule is CCc1cccc(NC(=O)C=Cc2ccc([N+](=O)[O-])cc2)c1. The average Bonchev–Trinajstić information content (AvgIpc) is 2.53. The van der Waals surface area contributed by atoms with Crippen LogP contribution in [0.15, 0.2) is 54.6 Å². The number of carbonyl (C=O) groups is 1. The fourth-order valence-electron chi connectivity index (χ4n) is 1.93. The van der Waals surface area contributed by atoms with Gasteiger partial charge >= 0.3 is 0 Å². The van der Waals surface area contributed by atoms with Crippen LogP contribution in [0.2, 0.25) is 0 Å². The highest BCUT2D eigenvalue weighted by molar-refractivity contribution is 6.01. The second-order valence-corrected chi connectivity index (χ2v) is 4.73. The zero-order valence-electron chi connectivity index (χ0n) is 12.2. The minimum absolute atomic E-state index is 0.0259. The monoisotopic (exact) mass is 296 g/mol. The van der Waals surface area contributed by atoms with Gasteiger partial charge in [-0.25, -0.2) is 0 Å². The van der Waals surface area contributed by atoms with Crippen molar-refractivity contribution in [2.24, 2.45) is 0 Å². The van der Waals surface area contributed by atoms with E-state index in [1.165, 1.54) is 18.2 Å². The summed E-state index contributed by atoms with van der Waals surface area (Å²) in [5.74, 6) is -0.244. The fraction of sp³-hybridized carbons (Fsp3) is 0.118. The van der Waals surface area contributed by atoms with Crippen molar-refractivity contribution in [3.05, 3.63) is 75.8 Å². The lowest BCUT2D eigenvalue weighted by Gasteiger charge is -2.04. The molecule has 0 bridgehead atoms. The Morgan fingerprint density at radius 3 is 2.59 bits per heavy atom. The molecule has 5 heteroatoms. The number of non-ortho nitro benzene ring substituents is 1. The van der Waals surface area contributed by atoms with Crippen molar-refractivity contribution in [2.45, 2.75) is 13.3 Å². The standard InChI is InChI=1S/C17H16N2O3/c1-2-13-4-3-5-15(12-13)18-17(20)11-8-14-6-9-16(10-7-14)19(21)22/h3-12H,2H2,1H3,(H,18,20). The lowest BCUT2D eigenvalue weighted by Crippen LogP contribution is -2.07. The maximum atomic E-state index is 11.9. The van der Waals surface area contributed by atoms with Gasteiger partial charge in [0.1, 0.15) is 0 Å². The van der Waals surface area contributed by atoms with Gasteiger partial charge in [0.05, 0.1) is 4.92 Å². The molecule has 0 radical (unpaired) electrons. The Morgan fingerprint density at radius 1 is 1.23 bits per heavy atom. The fourth-order valence-corrected chi connectivity index (χ4v) is 1.93. The molecule has 0 atom stereocenters. The third kappa shape index (κ3) is 4.28. The number of rotatable bonds is 5. The average molecular weight is 296 g/mol. The van der Waals surface area contributed by atoms with Gasteiger partial charge in [0.25, 0.3) is 5.69 Å². The number of nitro benzene ring substituents is 1. The molecule has 2 aromatic rings. The predicted octanol–water partition coefficient (Wildman–Crippen LogP) is 3.81. The first-order chi connectivity index (χ1) is 10.6. The predicted molar refractivity (Wildman–Crippen MR) is 86.6 cm³/mol. The van der Waals surface area contributed by atoms with Gasteiger partial charge in [-0.3, -0.25) is 14.9 Å². The van der Waals surface area contributed by atoms with Crippen molar-refractivity contribution in [3.8, 4) is 0 Å². The number of hydrogen-bond donors (Lipinski definition) is 1. The first-order valence-corrected chi connectivity index (χ1v) is 6.91. The molecule has 2 aromatic carbocycles. The molecule has 1 amide bonds. The molecule has 0 unspecified atom stereocenters. The number of nitro groups is 1. The molecule has 0 aliphatic rings. The molecule has 0 saturated carbocycles. The third-order valence-electron chi connectivity index (χ3n) is 3.13. The molecule has 22 heavy (non-hydrogen) atoms. The van der Waals surface area contributed by atoms with Gasteiger partial charge in [-0.2, -0.15) is 0 Å². The minimum atomic E-state index is -0.457. The topological polar surface area (TPSA) is 72.2 Å². The largest absolute Gasteiger partial charge is 0.323 e. The number of nitrogens with one attached hydrogen (secondary N) is 1. The normalized spacial score (nSPS) is 10.6. The van der Waals surface area contributed by atoms with Crippen LogP contribution in [0.5, 0.6) is 0 Å². The molecule has 1 N–H and O–H groups in total. The van der Waals surface area contributed by atoms with E-state index in [1.54, 1.807) is 18.2 Å². The highest BCUT2D eigenvalue weighted by Gasteiger charge is 2.03. The van der Waals surface area contributed by atoms with E-state index in [9.17, 15) is 14.9 Å². The summed E-state index contributed by atoms with van der Waals surface area (Å²) in [6.07, 6.45) is 3.92. The molecule has 0 aliphatic carbocycles. The zero-order valence-corrected chi connectivity index (χ0v) is 12.2. The Kier molecular flexibility index (Phi) is 5.03. The summed E-state index contributed by atoms with van der Waals surface area (Å²) in [6, 6.07) is 13.7. The summed E-state index contributed by atoms with van der Waals surface area (Å²) in [5.41, 5.74) is 2.65. The molecular weight excluding hydrogens is 280 g/mol. The molecule has 0 saturated heterocycles. The molecule has 0 heterocycles. The molecule has 0 aliphatic heterocycles. The van der Waals surface area contributed by atoms with E-state index in [2.05, 4.69) is 12.2 Å². The molecular formula is C17H16N2O3. The Labute approximate surface area is 128 Å². The lowest BCUT2D eigenvalue weighted by molar-refractivity contribution is -0.384. The molecule has 0 spiro atoms. The maximum Gasteiger partial charge on any atom is 0.269 e. The molecule has 2 rings (SSSR count). The molecule has 0 aromatic heterocycles. The van der Waals surface area contributed by atoms with Crippen molar-refractivity contribution in [2.75, 3.05) is 5.32 Å². The summed E-state index contributed by atoms with van der Waals surface area (Å²) in [4.78, 5) is 22.0. The number of aryl methyl sites for hydroxylation is 1. The van der Waals surface area contributed by atoms with Crippen LogP contribution < -0.4 is 5.32 Å². The number of anilines is 1. The van der Waals surface area contributed by atoms with Crippen LogP contribution in [-0.2, 0) is 11.2 Å². The molecule has 0 fully saturated rings. The number of benzene rings is 2. The van der Waals surface area contributed by atoms with Gasteiger partial charge < -0.3 is 5.32 Å². The summed E-state index contributed by atoms with van der Waals surface area (Å²) >= 11 is 0. The van der Waals surface area contributed by atoms with E-state index >= 15 is 0 Å². The maximum absolute atomic E-state index is 11.9. The van der Waals surface area contributed by atoms with E-state index in [0.29, 0.717) is 0 Å². The van der Waals surface area contributed by atoms with Crippen LogP contribution in [-0.4, -0.2) is 10.8 Å². The van der Waals surface area contributed by atoms with E-state index in [0.717, 1.165) is 23.2 Å². The first-order valence-electron chi connectivity index (χ1n) is 6.91. The summed E-state index contributed by atoms with van der Waals surface area (Å²) < 4.78 is 0. The first kappa shape index (κ1) is 15.4. The number of carbonyl (C=O) groups excluding carboxylic acids is 1. The van der Waals surface area contributed by atoms with Gasteiger partial charge in [-0.05, 0) is 47.9 Å². The second-order valence-electron chi connectivity index (χ2n) is 4.73. The van der Waals surface area contributed by atoms with Crippen molar-refractivity contribution in [1.82, 2.24) is 0 Å². The summed E-state index contributed by atoms with van der Waals surface area (Å²) in [6.45, 7) is 2.05. The van der Waals surface area contributed by atoms with Crippen molar-refractivity contribution in [3.63, 3.8) is 0 Å². The van der Waals surface area contributed by atoms with Crippen LogP contribution in [0.1, 0.15) is 18.1 Å². The van der Waals surface area contributed by atoms with Crippen LogP contribution in [0, 0.1) is 10.1 Å². The Bertz CT molecular complexity index is 706. The summed E-state index contributed by atoms with van der Waals surface area (Å²) in [5, 5.41) is 13.3. The Morgan fingerprint density at radius 2 is 1.95 bits per heavy atom. The van der Waals surface area contributed by atoms with Gasteiger partial charge in [-0.1, -0.05) is 19.1 Å². The zero-order chi connectivity index (χ0) is 15.9. The van der Waals surface area contributed by atoms with E-state index in [-0.39, 0.29) is 11.6 Å². The van der Waals surface area contributed by atoms with Crippen LogP contribution in [0.3, 0.4) is 0 Å². The van der Waals surface area contributed by atoms with E-state index < -0.39 is 4.92 Å². The smallest absolute Gasteiger partial charge is 0.269 e. The van der Waals surface area contributed by atoms with Gasteiger partial charge in [0.15, 0.2) is 0 Å².